The van der Waals surface area contributed by atoms with E-state index in [0.717, 1.165) is 56.5 Å². The second-order valence-electron chi connectivity index (χ2n) is 9.77. The lowest BCUT2D eigenvalue weighted by molar-refractivity contribution is 0.00938. The Hall–Kier alpha value is -2.93. The summed E-state index contributed by atoms with van der Waals surface area (Å²) in [5.74, 6) is 0.00871. The maximum absolute atomic E-state index is 14.1. The molecular weight excluding hydrogens is 484 g/mol. The average molecular weight is 521 g/mol. The topological polar surface area (TPSA) is 59.4 Å². The average Bonchev–Trinajstić information content (AvgIpc) is 3.38. The van der Waals surface area contributed by atoms with Crippen molar-refractivity contribution in [2.24, 2.45) is 0 Å². The lowest BCUT2D eigenvalue weighted by Gasteiger charge is -2.36. The van der Waals surface area contributed by atoms with Gasteiger partial charge in [0.2, 0.25) is 0 Å². The second-order valence-corrected chi connectivity index (χ2v) is 9.77. The van der Waals surface area contributed by atoms with Gasteiger partial charge >= 0.3 is 0 Å². The molecule has 0 bridgehead atoms. The molecule has 7 heteroatoms. The van der Waals surface area contributed by atoms with Gasteiger partial charge < -0.3 is 19.5 Å². The van der Waals surface area contributed by atoms with Crippen LogP contribution in [0.3, 0.4) is 0 Å². The number of nitrogens with zero attached hydrogens (tertiary/aromatic N) is 3. The van der Waals surface area contributed by atoms with E-state index in [2.05, 4.69) is 52.9 Å². The fourth-order valence-electron chi connectivity index (χ4n) is 5.67. The zero-order valence-corrected chi connectivity index (χ0v) is 22.1. The third kappa shape index (κ3) is 6.15. The van der Waals surface area contributed by atoms with Crippen LogP contribution in [-0.4, -0.2) is 58.7 Å². The Morgan fingerprint density at radius 2 is 1.81 bits per heavy atom. The minimum Gasteiger partial charge on any atom is -0.372 e. The largest absolute Gasteiger partial charge is 0.372 e. The lowest BCUT2D eigenvalue weighted by Crippen LogP contribution is -2.54. The SMILES string of the molecule is C=CCO[C@H]1CCCC[C@@H]1n1cnc(C(=O)N2CCNC[C@H]2Cc2ccccc2)c1-c1ccccc1.Cl. The van der Waals surface area contributed by atoms with E-state index in [0.29, 0.717) is 18.8 Å². The molecule has 1 aliphatic carbocycles. The predicted molar refractivity (Wildman–Crippen MR) is 150 cm³/mol. The quantitative estimate of drug-likeness (QED) is 0.409. The number of nitrogens with one attached hydrogen (secondary N) is 1. The number of aromatic nitrogens is 2. The number of hydrogen-bond donors (Lipinski definition) is 1. The molecule has 5 rings (SSSR count). The third-order valence-corrected chi connectivity index (χ3v) is 7.42. The van der Waals surface area contributed by atoms with Crippen LogP contribution in [0.25, 0.3) is 11.3 Å². The van der Waals surface area contributed by atoms with Crippen LogP contribution < -0.4 is 5.32 Å². The molecule has 6 nitrogen and oxygen atoms in total. The fraction of sp³-hybridized carbons (Fsp3) is 0.400. The molecule has 1 N–H and O–H groups in total. The lowest BCUT2D eigenvalue weighted by atomic mass is 9.91. The monoisotopic (exact) mass is 520 g/mol. The zero-order valence-electron chi connectivity index (χ0n) is 21.3. The van der Waals surface area contributed by atoms with E-state index in [1.54, 1.807) is 0 Å². The highest BCUT2D eigenvalue weighted by atomic mass is 35.5. The summed E-state index contributed by atoms with van der Waals surface area (Å²) in [5, 5.41) is 3.48. The van der Waals surface area contributed by atoms with Gasteiger partial charge in [-0.15, -0.1) is 19.0 Å². The van der Waals surface area contributed by atoms with E-state index in [4.69, 9.17) is 9.72 Å². The molecule has 37 heavy (non-hydrogen) atoms. The molecule has 1 saturated carbocycles. The molecular formula is C30H37ClN4O2. The minimum atomic E-state index is 0. The highest BCUT2D eigenvalue weighted by Crippen LogP contribution is 2.36. The van der Waals surface area contributed by atoms with E-state index in [1.165, 1.54) is 5.56 Å². The summed E-state index contributed by atoms with van der Waals surface area (Å²) in [6, 6.07) is 20.8. The van der Waals surface area contributed by atoms with Gasteiger partial charge in [-0.1, -0.05) is 79.6 Å². The molecule has 2 aliphatic rings. The van der Waals surface area contributed by atoms with Crippen molar-refractivity contribution >= 4 is 18.3 Å². The Kier molecular flexibility index (Phi) is 9.56. The van der Waals surface area contributed by atoms with Crippen molar-refractivity contribution in [3.8, 4) is 11.3 Å². The summed E-state index contributed by atoms with van der Waals surface area (Å²) < 4.78 is 8.40. The van der Waals surface area contributed by atoms with Gasteiger partial charge in [-0.2, -0.15) is 0 Å². The van der Waals surface area contributed by atoms with Crippen LogP contribution in [0.1, 0.15) is 47.8 Å². The van der Waals surface area contributed by atoms with Gasteiger partial charge in [-0.05, 0) is 24.8 Å². The molecule has 2 heterocycles. The number of imidazole rings is 1. The number of hydrogen-bond acceptors (Lipinski definition) is 4. The van der Waals surface area contributed by atoms with Crippen molar-refractivity contribution in [3.63, 3.8) is 0 Å². The summed E-state index contributed by atoms with van der Waals surface area (Å²) in [4.78, 5) is 20.9. The molecule has 1 saturated heterocycles. The van der Waals surface area contributed by atoms with Crippen molar-refractivity contribution in [2.45, 2.75) is 50.3 Å². The summed E-state index contributed by atoms with van der Waals surface area (Å²) >= 11 is 0. The van der Waals surface area contributed by atoms with Crippen molar-refractivity contribution in [3.05, 3.63) is 90.9 Å². The molecule has 3 atom stereocenters. The molecule has 3 aromatic rings. The number of benzene rings is 2. The fourth-order valence-corrected chi connectivity index (χ4v) is 5.67. The van der Waals surface area contributed by atoms with Crippen molar-refractivity contribution in [2.75, 3.05) is 26.2 Å². The van der Waals surface area contributed by atoms with Gasteiger partial charge in [0, 0.05) is 31.2 Å². The second kappa shape index (κ2) is 13.0. The van der Waals surface area contributed by atoms with Gasteiger partial charge in [-0.25, -0.2) is 4.98 Å². The van der Waals surface area contributed by atoms with Crippen LogP contribution in [0.4, 0.5) is 0 Å². The molecule has 0 radical (unpaired) electrons. The Morgan fingerprint density at radius 3 is 2.57 bits per heavy atom. The van der Waals surface area contributed by atoms with Crippen molar-refractivity contribution in [1.82, 2.24) is 19.8 Å². The molecule has 196 valence electrons. The Labute approximate surface area is 226 Å². The smallest absolute Gasteiger partial charge is 0.275 e. The standard InChI is InChI=1S/C30H36N4O2.ClH/c1-2-19-36-27-16-10-9-15-26(27)34-22-32-28(29(34)24-13-7-4-8-14-24)30(35)33-18-17-31-21-25(33)20-23-11-5-3-6-12-23;/h2-8,11-14,22,25-27,31H,1,9-10,15-21H2;1H/t25-,26+,27+;/m1./s1. The summed E-state index contributed by atoms with van der Waals surface area (Å²) in [6.45, 7) is 6.60. The first-order valence-electron chi connectivity index (χ1n) is 13.2. The van der Waals surface area contributed by atoms with E-state index < -0.39 is 0 Å². The van der Waals surface area contributed by atoms with Gasteiger partial charge in [0.25, 0.3) is 5.91 Å². The Balaban J connectivity index is 0.00000320. The predicted octanol–water partition coefficient (Wildman–Crippen LogP) is 5.31. The normalized spacial score (nSPS) is 21.7. The highest BCUT2D eigenvalue weighted by molar-refractivity contribution is 5.98. The number of carbonyl (C=O) groups excluding carboxylic acids is 1. The number of ether oxygens (including phenoxy) is 1. The molecule has 2 fully saturated rings. The van der Waals surface area contributed by atoms with Crippen molar-refractivity contribution < 1.29 is 9.53 Å². The summed E-state index contributed by atoms with van der Waals surface area (Å²) in [6.07, 6.45) is 8.89. The molecule has 1 aromatic heterocycles. The summed E-state index contributed by atoms with van der Waals surface area (Å²) in [7, 11) is 0. The third-order valence-electron chi connectivity index (χ3n) is 7.42. The van der Waals surface area contributed by atoms with Gasteiger partial charge in [0.15, 0.2) is 5.69 Å². The van der Waals surface area contributed by atoms with Crippen LogP contribution in [0.15, 0.2) is 79.6 Å². The minimum absolute atomic E-state index is 0. The van der Waals surface area contributed by atoms with Gasteiger partial charge in [-0.3, -0.25) is 4.79 Å². The molecule has 0 spiro atoms. The van der Waals surface area contributed by atoms with Crippen LogP contribution in [0.2, 0.25) is 0 Å². The number of carbonyl (C=O) groups is 1. The maximum Gasteiger partial charge on any atom is 0.275 e. The first-order chi connectivity index (χ1) is 17.8. The van der Waals surface area contributed by atoms with Crippen LogP contribution in [-0.2, 0) is 11.2 Å². The van der Waals surface area contributed by atoms with E-state index in [9.17, 15) is 4.79 Å². The van der Waals surface area contributed by atoms with Crippen LogP contribution in [0.5, 0.6) is 0 Å². The highest BCUT2D eigenvalue weighted by Gasteiger charge is 2.34. The van der Waals surface area contributed by atoms with Crippen molar-refractivity contribution in [1.29, 1.82) is 0 Å². The van der Waals surface area contributed by atoms with E-state index >= 15 is 0 Å². The molecule has 1 aliphatic heterocycles. The van der Waals surface area contributed by atoms with Gasteiger partial charge in [0.1, 0.15) is 0 Å². The summed E-state index contributed by atoms with van der Waals surface area (Å²) in [5.41, 5.74) is 3.69. The Morgan fingerprint density at radius 1 is 1.08 bits per heavy atom. The van der Waals surface area contributed by atoms with Crippen LogP contribution >= 0.6 is 12.4 Å². The van der Waals surface area contributed by atoms with Gasteiger partial charge in [0.05, 0.1) is 30.8 Å². The van der Waals surface area contributed by atoms with E-state index in [1.807, 2.05) is 41.6 Å². The first-order valence-corrected chi connectivity index (χ1v) is 13.2. The van der Waals surface area contributed by atoms with Crippen LogP contribution in [0, 0.1) is 0 Å². The first kappa shape index (κ1) is 27.1. The number of rotatable bonds is 8. The molecule has 1 amide bonds. The maximum atomic E-state index is 14.1. The molecule has 2 aromatic carbocycles. The number of halogens is 1. The van der Waals surface area contributed by atoms with E-state index in [-0.39, 0.29) is 36.5 Å². The number of piperazine rings is 1. The molecule has 0 unspecified atom stereocenters. The Bertz CT molecular complexity index is 1150. The zero-order chi connectivity index (χ0) is 24.7. The number of amides is 1.